The summed E-state index contributed by atoms with van der Waals surface area (Å²) >= 11 is 0. The second-order valence-corrected chi connectivity index (χ2v) is 6.79. The van der Waals surface area contributed by atoms with Gasteiger partial charge in [0.2, 0.25) is 0 Å². The van der Waals surface area contributed by atoms with Crippen LogP contribution in [-0.4, -0.2) is 36.7 Å². The van der Waals surface area contributed by atoms with Gasteiger partial charge in [0.15, 0.2) is 11.9 Å². The van der Waals surface area contributed by atoms with E-state index in [-0.39, 0.29) is 0 Å². The van der Waals surface area contributed by atoms with Crippen LogP contribution >= 0.6 is 0 Å². The molecule has 0 amide bonds. The van der Waals surface area contributed by atoms with Crippen molar-refractivity contribution in [1.29, 1.82) is 0 Å². The molecule has 1 spiro atoms. The molecule has 2 aliphatic heterocycles. The number of benzene rings is 2. The summed E-state index contributed by atoms with van der Waals surface area (Å²) in [5.74, 6) is 7.63. The molecule has 2 aromatic carbocycles. The van der Waals surface area contributed by atoms with Gasteiger partial charge in [-0.1, -0.05) is 17.9 Å². The van der Waals surface area contributed by atoms with Crippen LogP contribution in [0.1, 0.15) is 16.7 Å². The van der Waals surface area contributed by atoms with Crippen molar-refractivity contribution >= 4 is 6.40 Å². The fourth-order valence-electron chi connectivity index (χ4n) is 3.68. The van der Waals surface area contributed by atoms with Gasteiger partial charge in [-0.2, -0.15) is 0 Å². The minimum absolute atomic E-state index is 0.380. The lowest BCUT2D eigenvalue weighted by atomic mass is 9.80. The minimum Gasteiger partial charge on any atom is -0.480 e. The van der Waals surface area contributed by atoms with Crippen molar-refractivity contribution in [2.45, 2.75) is 5.54 Å². The van der Waals surface area contributed by atoms with Gasteiger partial charge in [-0.15, -0.1) is 0 Å². The summed E-state index contributed by atoms with van der Waals surface area (Å²) in [5.41, 5.74) is 4.01. The smallest absolute Gasteiger partial charge is 0.170 e. The van der Waals surface area contributed by atoms with E-state index in [2.05, 4.69) is 27.9 Å². The summed E-state index contributed by atoms with van der Waals surface area (Å²) < 4.78 is 16.8. The number of nitrogens with zero attached hydrogens (tertiary/aromatic N) is 3. The number of hydrogen-bond acceptors (Lipinski definition) is 6. The van der Waals surface area contributed by atoms with Crippen LogP contribution in [0, 0.1) is 11.8 Å². The quantitative estimate of drug-likeness (QED) is 0.633. The van der Waals surface area contributed by atoms with Crippen molar-refractivity contribution < 1.29 is 14.2 Å². The Morgan fingerprint density at radius 3 is 2.59 bits per heavy atom. The zero-order chi connectivity index (χ0) is 19.7. The highest BCUT2D eigenvalue weighted by Crippen LogP contribution is 2.51. The van der Waals surface area contributed by atoms with Crippen molar-refractivity contribution in [3.05, 3.63) is 71.8 Å². The van der Waals surface area contributed by atoms with Gasteiger partial charge in [0, 0.05) is 41.8 Å². The normalized spacial score (nSPS) is 18.2. The van der Waals surface area contributed by atoms with Crippen molar-refractivity contribution in [3.63, 3.8) is 0 Å². The van der Waals surface area contributed by atoms with E-state index in [4.69, 9.17) is 19.2 Å². The summed E-state index contributed by atoms with van der Waals surface area (Å²) in [6.07, 6.45) is 6.61. The maximum Gasteiger partial charge on any atom is 0.170 e. The molecule has 0 radical (unpaired) electrons. The predicted molar refractivity (Wildman–Crippen MR) is 108 cm³/mol. The van der Waals surface area contributed by atoms with Crippen LogP contribution in [0.5, 0.6) is 11.5 Å². The monoisotopic (exact) mass is 383 g/mol. The minimum atomic E-state index is -0.673. The number of hydrogen-bond donors (Lipinski definition) is 0. The zero-order valence-electron chi connectivity index (χ0n) is 15.8. The molecule has 0 fully saturated rings. The van der Waals surface area contributed by atoms with E-state index in [0.717, 1.165) is 39.3 Å². The van der Waals surface area contributed by atoms with Crippen LogP contribution in [0.15, 0.2) is 60.1 Å². The summed E-state index contributed by atoms with van der Waals surface area (Å²) in [6, 6.07) is 11.9. The summed E-state index contributed by atoms with van der Waals surface area (Å²) in [6.45, 7) is 0.783. The molecule has 0 saturated heterocycles. The maximum absolute atomic E-state index is 6.20. The van der Waals surface area contributed by atoms with E-state index < -0.39 is 5.54 Å². The first kappa shape index (κ1) is 17.4. The highest BCUT2D eigenvalue weighted by Gasteiger charge is 2.45. The fraction of sp³-hybridized carbons (Fsp3) is 0.174. The Balaban J connectivity index is 1.65. The van der Waals surface area contributed by atoms with E-state index >= 15 is 0 Å². The van der Waals surface area contributed by atoms with Crippen molar-refractivity contribution in [2.75, 3.05) is 20.3 Å². The van der Waals surface area contributed by atoms with Gasteiger partial charge in [0.1, 0.15) is 31.0 Å². The van der Waals surface area contributed by atoms with Crippen LogP contribution in [0.2, 0.25) is 0 Å². The summed E-state index contributed by atoms with van der Waals surface area (Å²) in [4.78, 5) is 13.0. The van der Waals surface area contributed by atoms with Crippen LogP contribution in [0.4, 0.5) is 0 Å². The molecule has 0 bridgehead atoms. The highest BCUT2D eigenvalue weighted by molar-refractivity contribution is 5.70. The number of fused-ring (bicyclic) bond motifs is 4. The Hall–Kier alpha value is -3.69. The van der Waals surface area contributed by atoms with E-state index in [0.29, 0.717) is 13.2 Å². The van der Waals surface area contributed by atoms with Gasteiger partial charge >= 0.3 is 0 Å². The van der Waals surface area contributed by atoms with Crippen molar-refractivity contribution in [3.8, 4) is 34.5 Å². The zero-order valence-corrected chi connectivity index (χ0v) is 15.8. The van der Waals surface area contributed by atoms with Crippen LogP contribution in [0.3, 0.4) is 0 Å². The molecular weight excluding hydrogens is 366 g/mol. The molecule has 2 aliphatic rings. The molecule has 29 heavy (non-hydrogen) atoms. The number of aliphatic imine (C=N–C) groups is 1. The Labute approximate surface area is 168 Å². The Morgan fingerprint density at radius 2 is 1.83 bits per heavy atom. The third kappa shape index (κ3) is 2.93. The first-order chi connectivity index (χ1) is 14.3. The molecule has 3 aromatic rings. The predicted octanol–water partition coefficient (Wildman–Crippen LogP) is 3.55. The molecule has 0 N–H and O–H groups in total. The molecule has 6 heteroatoms. The molecule has 1 aromatic heterocycles. The highest BCUT2D eigenvalue weighted by atomic mass is 16.5. The SMILES string of the molecule is COCC#Cc1ccc2c(c1)[C@]1(COC=N1)c1cc(-c3cncnc3)ccc1O2. The lowest BCUT2D eigenvalue weighted by Crippen LogP contribution is -2.31. The lowest BCUT2D eigenvalue weighted by Gasteiger charge is -2.34. The standard InChI is InChI=1S/C23H17N3O3/c1-27-8-2-3-16-4-6-21-19(9-16)23(13-28-15-26-23)20-10-17(5-7-22(20)29-21)18-11-24-14-25-12-18/h4-7,9-12,14-15H,8,13H2,1H3/t23-/m1/s1. The van der Waals surface area contributed by atoms with Gasteiger partial charge in [-0.25, -0.2) is 15.0 Å². The van der Waals surface area contributed by atoms with Gasteiger partial charge in [-0.3, -0.25) is 0 Å². The van der Waals surface area contributed by atoms with Crippen molar-refractivity contribution in [2.24, 2.45) is 4.99 Å². The fourth-order valence-corrected chi connectivity index (χ4v) is 3.68. The van der Waals surface area contributed by atoms with Gasteiger partial charge in [0.05, 0.1) is 0 Å². The average molecular weight is 383 g/mol. The second-order valence-electron chi connectivity index (χ2n) is 6.79. The molecule has 0 unspecified atom stereocenters. The molecule has 0 aliphatic carbocycles. The molecule has 3 heterocycles. The van der Waals surface area contributed by atoms with Gasteiger partial charge in [-0.05, 0) is 35.9 Å². The molecule has 0 saturated carbocycles. The third-order valence-corrected chi connectivity index (χ3v) is 5.05. The Morgan fingerprint density at radius 1 is 1.03 bits per heavy atom. The number of ether oxygens (including phenoxy) is 3. The number of rotatable bonds is 2. The number of methoxy groups -OCH3 is 1. The van der Waals surface area contributed by atoms with E-state index in [9.17, 15) is 0 Å². The van der Waals surface area contributed by atoms with E-state index in [1.54, 1.807) is 19.5 Å². The first-order valence-corrected chi connectivity index (χ1v) is 9.15. The lowest BCUT2D eigenvalue weighted by molar-refractivity contribution is 0.240. The number of aromatic nitrogens is 2. The van der Waals surface area contributed by atoms with Gasteiger partial charge < -0.3 is 14.2 Å². The topological polar surface area (TPSA) is 65.8 Å². The molecule has 142 valence electrons. The average Bonchev–Trinajstić information content (AvgIpc) is 3.26. The third-order valence-electron chi connectivity index (χ3n) is 5.05. The van der Waals surface area contributed by atoms with E-state index in [1.165, 1.54) is 12.7 Å². The Kier molecular flexibility index (Phi) is 4.23. The largest absolute Gasteiger partial charge is 0.480 e. The van der Waals surface area contributed by atoms with Crippen LogP contribution in [0.25, 0.3) is 11.1 Å². The summed E-state index contributed by atoms with van der Waals surface area (Å²) in [7, 11) is 1.63. The maximum atomic E-state index is 6.20. The first-order valence-electron chi connectivity index (χ1n) is 9.15. The molecule has 5 rings (SSSR count). The van der Waals surface area contributed by atoms with Crippen molar-refractivity contribution in [1.82, 2.24) is 9.97 Å². The second kappa shape index (κ2) is 7.04. The molecular formula is C23H17N3O3. The Bertz CT molecular complexity index is 1160. The van der Waals surface area contributed by atoms with Crippen LogP contribution < -0.4 is 4.74 Å². The van der Waals surface area contributed by atoms with Crippen LogP contribution in [-0.2, 0) is 15.0 Å². The van der Waals surface area contributed by atoms with E-state index in [1.807, 2.05) is 30.3 Å². The van der Waals surface area contributed by atoms with Gasteiger partial charge in [0.25, 0.3) is 0 Å². The molecule has 6 nitrogen and oxygen atoms in total. The molecule has 1 atom stereocenters. The summed E-state index contributed by atoms with van der Waals surface area (Å²) in [5, 5.41) is 0.